The minimum Gasteiger partial charge on any atom is -0.331 e. The number of fused-ring (bicyclic) bond motifs is 1. The first-order valence-corrected chi connectivity index (χ1v) is 6.74. The summed E-state index contributed by atoms with van der Waals surface area (Å²) in [5.74, 6) is 0. The van der Waals surface area contributed by atoms with Gasteiger partial charge in [0.15, 0.2) is 4.77 Å². The molecule has 1 saturated carbocycles. The van der Waals surface area contributed by atoms with Crippen LogP contribution in [0.3, 0.4) is 0 Å². The maximum Gasteiger partial charge on any atom is 0.262 e. The number of nitrogens with zero attached hydrogens (tertiary/aromatic N) is 1. The molecule has 1 aliphatic rings. The highest BCUT2D eigenvalue weighted by Crippen LogP contribution is 2.30. The van der Waals surface area contributed by atoms with Crippen LogP contribution in [0.2, 0.25) is 0 Å². The maximum absolute atomic E-state index is 12.6. The van der Waals surface area contributed by atoms with Crippen LogP contribution in [0, 0.1) is 18.6 Å². The molecule has 0 saturated heterocycles. The number of hydrogen-bond donors (Lipinski definition) is 1. The van der Waals surface area contributed by atoms with Gasteiger partial charge in [-0.2, -0.15) is 0 Å². The summed E-state index contributed by atoms with van der Waals surface area (Å²) in [4.78, 5) is 15.8. The lowest BCUT2D eigenvalue weighted by molar-refractivity contribution is 0.302. The second kappa shape index (κ2) is 4.05. The second-order valence-corrected chi connectivity index (χ2v) is 5.58. The Bertz CT molecular complexity index is 738. The van der Waals surface area contributed by atoms with Crippen LogP contribution in [0.1, 0.15) is 36.4 Å². The molecule has 0 amide bonds. The Hall–Kier alpha value is -1.42. The van der Waals surface area contributed by atoms with Crippen LogP contribution >= 0.6 is 12.2 Å². The Morgan fingerprint density at radius 2 is 2.06 bits per heavy atom. The molecule has 0 aliphatic heterocycles. The van der Waals surface area contributed by atoms with E-state index in [-0.39, 0.29) is 5.56 Å². The van der Waals surface area contributed by atoms with Crippen molar-refractivity contribution in [2.75, 3.05) is 0 Å². The van der Waals surface area contributed by atoms with E-state index in [4.69, 9.17) is 12.2 Å². The minimum atomic E-state index is 0.0604. The number of aryl methyl sites for hydroxylation is 2. The van der Waals surface area contributed by atoms with Crippen molar-refractivity contribution in [3.63, 3.8) is 0 Å². The number of hydrogen-bond acceptors (Lipinski definition) is 2. The van der Waals surface area contributed by atoms with Gasteiger partial charge in [0, 0.05) is 6.04 Å². The quantitative estimate of drug-likeness (QED) is 0.798. The van der Waals surface area contributed by atoms with E-state index in [0.717, 1.165) is 34.9 Å². The molecule has 3 nitrogen and oxygen atoms in total. The second-order valence-electron chi connectivity index (χ2n) is 5.19. The van der Waals surface area contributed by atoms with E-state index in [9.17, 15) is 4.79 Å². The Morgan fingerprint density at radius 3 is 2.67 bits per heavy atom. The Labute approximate surface area is 110 Å². The average molecular weight is 260 g/mol. The molecule has 1 aromatic carbocycles. The van der Waals surface area contributed by atoms with Crippen LogP contribution in [0.15, 0.2) is 16.9 Å². The zero-order valence-corrected chi connectivity index (χ0v) is 11.4. The fourth-order valence-corrected chi connectivity index (χ4v) is 3.00. The molecule has 94 valence electrons. The van der Waals surface area contributed by atoms with Crippen molar-refractivity contribution < 1.29 is 0 Å². The van der Waals surface area contributed by atoms with Crippen molar-refractivity contribution in [1.29, 1.82) is 0 Å². The number of aromatic nitrogens is 2. The van der Waals surface area contributed by atoms with Crippen LogP contribution in [0.4, 0.5) is 0 Å². The zero-order chi connectivity index (χ0) is 12.9. The molecule has 0 unspecified atom stereocenters. The van der Waals surface area contributed by atoms with Crippen LogP contribution in [-0.4, -0.2) is 9.55 Å². The molecular weight excluding hydrogens is 244 g/mol. The van der Waals surface area contributed by atoms with Gasteiger partial charge >= 0.3 is 0 Å². The summed E-state index contributed by atoms with van der Waals surface area (Å²) in [7, 11) is 0. The third-order valence-electron chi connectivity index (χ3n) is 3.82. The summed E-state index contributed by atoms with van der Waals surface area (Å²) in [6.45, 7) is 4.02. The van der Waals surface area contributed by atoms with Gasteiger partial charge in [0.2, 0.25) is 0 Å². The highest BCUT2D eigenvalue weighted by Gasteiger charge is 2.22. The topological polar surface area (TPSA) is 37.8 Å². The van der Waals surface area contributed by atoms with Crippen molar-refractivity contribution in [3.05, 3.63) is 38.4 Å². The molecule has 0 spiro atoms. The van der Waals surface area contributed by atoms with Gasteiger partial charge in [-0.3, -0.25) is 9.36 Å². The fourth-order valence-electron chi connectivity index (χ4n) is 2.67. The van der Waals surface area contributed by atoms with Gasteiger partial charge < -0.3 is 4.98 Å². The highest BCUT2D eigenvalue weighted by atomic mass is 32.1. The average Bonchev–Trinajstić information content (AvgIpc) is 2.23. The summed E-state index contributed by atoms with van der Waals surface area (Å²) in [6.07, 6.45) is 3.32. The third kappa shape index (κ3) is 1.63. The Morgan fingerprint density at radius 1 is 1.33 bits per heavy atom. The molecule has 1 heterocycles. The van der Waals surface area contributed by atoms with Gasteiger partial charge in [0.05, 0.1) is 10.9 Å². The van der Waals surface area contributed by atoms with Crippen LogP contribution < -0.4 is 5.56 Å². The normalized spacial score (nSPS) is 15.9. The molecule has 1 N–H and O–H groups in total. The first-order valence-electron chi connectivity index (χ1n) is 6.33. The van der Waals surface area contributed by atoms with E-state index in [1.807, 2.05) is 19.9 Å². The van der Waals surface area contributed by atoms with Gasteiger partial charge in [-0.05, 0) is 62.5 Å². The third-order valence-corrected chi connectivity index (χ3v) is 4.12. The summed E-state index contributed by atoms with van der Waals surface area (Å²) in [5, 5.41) is 0.757. The van der Waals surface area contributed by atoms with Gasteiger partial charge in [-0.15, -0.1) is 0 Å². The lowest BCUT2D eigenvalue weighted by Gasteiger charge is -2.27. The molecule has 2 aromatic rings. The monoisotopic (exact) mass is 260 g/mol. The van der Waals surface area contributed by atoms with Crippen molar-refractivity contribution in [3.8, 4) is 0 Å². The van der Waals surface area contributed by atoms with Crippen molar-refractivity contribution in [2.45, 2.75) is 39.2 Å². The van der Waals surface area contributed by atoms with Gasteiger partial charge in [0.1, 0.15) is 0 Å². The molecule has 0 radical (unpaired) electrons. The number of rotatable bonds is 1. The maximum atomic E-state index is 12.6. The van der Waals surface area contributed by atoms with E-state index in [0.29, 0.717) is 10.8 Å². The molecule has 4 heteroatoms. The first-order chi connectivity index (χ1) is 8.58. The molecular formula is C14H16N2OS. The molecule has 0 bridgehead atoms. The number of benzene rings is 1. The molecule has 1 aromatic heterocycles. The smallest absolute Gasteiger partial charge is 0.262 e. The van der Waals surface area contributed by atoms with Crippen molar-refractivity contribution >= 4 is 23.1 Å². The molecule has 0 atom stereocenters. The van der Waals surface area contributed by atoms with Crippen LogP contribution in [-0.2, 0) is 0 Å². The minimum absolute atomic E-state index is 0.0604. The van der Waals surface area contributed by atoms with Gasteiger partial charge in [0.25, 0.3) is 5.56 Å². The van der Waals surface area contributed by atoms with E-state index in [1.165, 1.54) is 6.42 Å². The summed E-state index contributed by atoms with van der Waals surface area (Å²) in [6, 6.07) is 4.32. The first kappa shape index (κ1) is 11.7. The van der Waals surface area contributed by atoms with Crippen LogP contribution in [0.25, 0.3) is 10.9 Å². The molecule has 18 heavy (non-hydrogen) atoms. The largest absolute Gasteiger partial charge is 0.331 e. The van der Waals surface area contributed by atoms with E-state index in [1.54, 1.807) is 4.57 Å². The van der Waals surface area contributed by atoms with Crippen molar-refractivity contribution in [1.82, 2.24) is 9.55 Å². The molecule has 3 rings (SSSR count). The summed E-state index contributed by atoms with van der Waals surface area (Å²) in [5.41, 5.74) is 3.13. The lowest BCUT2D eigenvalue weighted by atomic mass is 9.93. The van der Waals surface area contributed by atoms with Crippen LogP contribution in [0.5, 0.6) is 0 Å². The predicted molar refractivity (Wildman–Crippen MR) is 75.8 cm³/mol. The lowest BCUT2D eigenvalue weighted by Crippen LogP contribution is -2.30. The predicted octanol–water partition coefficient (Wildman–Crippen LogP) is 3.40. The molecule has 1 fully saturated rings. The van der Waals surface area contributed by atoms with E-state index >= 15 is 0 Å². The molecule has 1 aliphatic carbocycles. The Kier molecular flexibility index (Phi) is 2.63. The zero-order valence-electron chi connectivity index (χ0n) is 10.6. The standard InChI is InChI=1S/C14H16N2OS/c1-8-6-9(2)12-11(7-8)13(17)16(14(18)15-12)10-4-3-5-10/h6-7,10H,3-5H2,1-2H3,(H,15,18). The highest BCUT2D eigenvalue weighted by molar-refractivity contribution is 7.71. The summed E-state index contributed by atoms with van der Waals surface area (Å²) < 4.78 is 2.32. The summed E-state index contributed by atoms with van der Waals surface area (Å²) >= 11 is 5.34. The van der Waals surface area contributed by atoms with Crippen molar-refractivity contribution in [2.24, 2.45) is 0 Å². The Balaban J connectivity index is 2.40. The van der Waals surface area contributed by atoms with E-state index < -0.39 is 0 Å². The van der Waals surface area contributed by atoms with E-state index in [2.05, 4.69) is 11.1 Å². The van der Waals surface area contributed by atoms with Gasteiger partial charge in [-0.1, -0.05) is 6.07 Å². The number of H-pyrrole nitrogens is 1. The number of aromatic amines is 1. The SMILES string of the molecule is Cc1cc(C)c2[nH]c(=S)n(C3CCC3)c(=O)c2c1. The fraction of sp³-hybridized carbons (Fsp3) is 0.429. The van der Waals surface area contributed by atoms with Gasteiger partial charge in [-0.25, -0.2) is 0 Å². The number of nitrogens with one attached hydrogen (secondary N) is 1.